The monoisotopic (exact) mass is 253 g/mol. The molecule has 0 aliphatic carbocycles. The van der Waals surface area contributed by atoms with Crippen LogP contribution in [0.15, 0.2) is 60.8 Å². The normalized spacial score (nSPS) is 12.3. The maximum atomic E-state index is 11.7. The molecule has 1 aromatic carbocycles. The molecule has 1 aromatic heterocycles. The van der Waals surface area contributed by atoms with Crippen LogP contribution in [0, 0.1) is 0 Å². The molecule has 0 saturated heterocycles. The highest BCUT2D eigenvalue weighted by atomic mass is 16.5. The Labute approximate surface area is 112 Å². The van der Waals surface area contributed by atoms with Crippen molar-refractivity contribution in [2.45, 2.75) is 13.0 Å². The highest BCUT2D eigenvalue weighted by Gasteiger charge is 2.10. The molecule has 96 valence electrons. The van der Waals surface area contributed by atoms with Gasteiger partial charge in [-0.3, -0.25) is 0 Å². The lowest BCUT2D eigenvalue weighted by Gasteiger charge is -2.08. The van der Waals surface area contributed by atoms with Gasteiger partial charge in [-0.15, -0.1) is 0 Å². The van der Waals surface area contributed by atoms with Crippen molar-refractivity contribution >= 4 is 12.0 Å². The first-order valence-corrected chi connectivity index (χ1v) is 6.11. The fourth-order valence-corrected chi connectivity index (χ4v) is 1.56. The number of hydrogen-bond acceptors (Lipinski definition) is 3. The zero-order valence-electron chi connectivity index (χ0n) is 10.7. The van der Waals surface area contributed by atoms with E-state index >= 15 is 0 Å². The standard InChI is InChI=1S/C16H15NO2/c1-13(10-11-14-7-3-2-4-8-14)19-16(18)15-9-5-6-12-17-15/h2-13H,1H3/b11-10+/t13-/m1/s1. The molecule has 0 amide bonds. The van der Waals surface area contributed by atoms with Crippen LogP contribution >= 0.6 is 0 Å². The van der Waals surface area contributed by atoms with Gasteiger partial charge < -0.3 is 4.74 Å². The van der Waals surface area contributed by atoms with Crippen LogP contribution in [0.4, 0.5) is 0 Å². The molecular weight excluding hydrogens is 238 g/mol. The quantitative estimate of drug-likeness (QED) is 0.784. The van der Waals surface area contributed by atoms with Gasteiger partial charge in [0.2, 0.25) is 0 Å². The zero-order chi connectivity index (χ0) is 13.5. The molecule has 2 rings (SSSR count). The molecule has 0 bridgehead atoms. The van der Waals surface area contributed by atoms with E-state index in [0.717, 1.165) is 5.56 Å². The van der Waals surface area contributed by atoms with Crippen LogP contribution in [0.25, 0.3) is 6.08 Å². The van der Waals surface area contributed by atoms with Crippen molar-refractivity contribution in [1.82, 2.24) is 4.98 Å². The van der Waals surface area contributed by atoms with E-state index in [1.54, 1.807) is 24.4 Å². The van der Waals surface area contributed by atoms with Gasteiger partial charge in [0, 0.05) is 6.20 Å². The van der Waals surface area contributed by atoms with Gasteiger partial charge in [-0.2, -0.15) is 0 Å². The van der Waals surface area contributed by atoms with E-state index in [0.29, 0.717) is 5.69 Å². The average molecular weight is 253 g/mol. The number of carbonyl (C=O) groups excluding carboxylic acids is 1. The summed E-state index contributed by atoms with van der Waals surface area (Å²) in [6.45, 7) is 1.82. The second-order valence-electron chi connectivity index (χ2n) is 4.10. The number of pyridine rings is 1. The fraction of sp³-hybridized carbons (Fsp3) is 0.125. The minimum atomic E-state index is -0.411. The predicted octanol–water partition coefficient (Wildman–Crippen LogP) is 3.34. The van der Waals surface area contributed by atoms with E-state index in [1.165, 1.54) is 0 Å². The fourth-order valence-electron chi connectivity index (χ4n) is 1.56. The van der Waals surface area contributed by atoms with E-state index in [9.17, 15) is 4.79 Å². The third kappa shape index (κ3) is 4.07. The summed E-state index contributed by atoms with van der Waals surface area (Å²) in [4.78, 5) is 15.7. The Balaban J connectivity index is 1.93. The minimum absolute atomic E-state index is 0.297. The largest absolute Gasteiger partial charge is 0.454 e. The molecule has 0 N–H and O–H groups in total. The highest BCUT2D eigenvalue weighted by molar-refractivity contribution is 5.87. The third-order valence-corrected chi connectivity index (χ3v) is 2.53. The molecule has 0 radical (unpaired) electrons. The van der Waals surface area contributed by atoms with Crippen molar-refractivity contribution in [2.24, 2.45) is 0 Å². The molecular formula is C16H15NO2. The Morgan fingerprint density at radius 2 is 1.89 bits per heavy atom. The molecule has 2 aromatic rings. The molecule has 19 heavy (non-hydrogen) atoms. The highest BCUT2D eigenvalue weighted by Crippen LogP contribution is 2.06. The van der Waals surface area contributed by atoms with Gasteiger partial charge in [0.25, 0.3) is 0 Å². The minimum Gasteiger partial charge on any atom is -0.454 e. The van der Waals surface area contributed by atoms with Crippen molar-refractivity contribution in [3.05, 3.63) is 72.1 Å². The lowest BCUT2D eigenvalue weighted by atomic mass is 10.2. The Kier molecular flexibility index (Phi) is 4.45. The van der Waals surface area contributed by atoms with Crippen LogP contribution in [0.3, 0.4) is 0 Å². The second kappa shape index (κ2) is 6.50. The van der Waals surface area contributed by atoms with Gasteiger partial charge in [0.05, 0.1) is 0 Å². The molecule has 0 aliphatic rings. The third-order valence-electron chi connectivity index (χ3n) is 2.53. The SMILES string of the molecule is C[C@H](/C=C/c1ccccc1)OC(=O)c1ccccn1. The van der Waals surface area contributed by atoms with Crippen molar-refractivity contribution in [3.63, 3.8) is 0 Å². The van der Waals surface area contributed by atoms with Gasteiger partial charge in [-0.1, -0.05) is 42.5 Å². The van der Waals surface area contributed by atoms with Crippen LogP contribution < -0.4 is 0 Å². The number of nitrogens with zero attached hydrogens (tertiary/aromatic N) is 1. The van der Waals surface area contributed by atoms with Crippen molar-refractivity contribution in [2.75, 3.05) is 0 Å². The number of benzene rings is 1. The Hall–Kier alpha value is -2.42. The molecule has 1 heterocycles. The first-order valence-electron chi connectivity index (χ1n) is 6.11. The van der Waals surface area contributed by atoms with E-state index < -0.39 is 5.97 Å². The Bertz CT molecular complexity index is 549. The number of carbonyl (C=O) groups is 1. The topological polar surface area (TPSA) is 39.2 Å². The van der Waals surface area contributed by atoms with Crippen LogP contribution in [0.2, 0.25) is 0 Å². The van der Waals surface area contributed by atoms with Crippen molar-refractivity contribution in [1.29, 1.82) is 0 Å². The molecule has 0 unspecified atom stereocenters. The van der Waals surface area contributed by atoms with Gasteiger partial charge in [0.1, 0.15) is 11.8 Å². The summed E-state index contributed by atoms with van der Waals surface area (Å²) in [5, 5.41) is 0. The van der Waals surface area contributed by atoms with Gasteiger partial charge >= 0.3 is 5.97 Å². The van der Waals surface area contributed by atoms with Crippen LogP contribution in [-0.4, -0.2) is 17.1 Å². The summed E-state index contributed by atoms with van der Waals surface area (Å²) in [7, 11) is 0. The van der Waals surface area contributed by atoms with Crippen molar-refractivity contribution < 1.29 is 9.53 Å². The second-order valence-corrected chi connectivity index (χ2v) is 4.10. The number of aromatic nitrogens is 1. The molecule has 3 heteroatoms. The molecule has 0 spiro atoms. The summed E-state index contributed by atoms with van der Waals surface area (Å²) in [5.41, 5.74) is 1.39. The van der Waals surface area contributed by atoms with E-state index in [-0.39, 0.29) is 6.10 Å². The van der Waals surface area contributed by atoms with Gasteiger partial charge in [-0.25, -0.2) is 9.78 Å². The van der Waals surface area contributed by atoms with Crippen LogP contribution in [0.1, 0.15) is 23.0 Å². The number of hydrogen-bond donors (Lipinski definition) is 0. The molecule has 0 saturated carbocycles. The van der Waals surface area contributed by atoms with Crippen LogP contribution in [0.5, 0.6) is 0 Å². The first-order chi connectivity index (χ1) is 9.25. The lowest BCUT2D eigenvalue weighted by Crippen LogP contribution is -2.13. The number of esters is 1. The summed E-state index contributed by atoms with van der Waals surface area (Å²) < 4.78 is 5.27. The molecule has 3 nitrogen and oxygen atoms in total. The molecule has 0 fully saturated rings. The van der Waals surface area contributed by atoms with Crippen LogP contribution in [-0.2, 0) is 4.74 Å². The van der Waals surface area contributed by atoms with E-state index in [4.69, 9.17) is 4.74 Å². The maximum absolute atomic E-state index is 11.7. The maximum Gasteiger partial charge on any atom is 0.357 e. The summed E-state index contributed by atoms with van der Waals surface area (Å²) in [5.74, 6) is -0.411. The Morgan fingerprint density at radius 1 is 1.16 bits per heavy atom. The number of ether oxygens (including phenoxy) is 1. The predicted molar refractivity (Wildman–Crippen MR) is 74.6 cm³/mol. The Morgan fingerprint density at radius 3 is 2.58 bits per heavy atom. The zero-order valence-corrected chi connectivity index (χ0v) is 10.7. The molecule has 1 atom stereocenters. The van der Waals surface area contributed by atoms with E-state index in [1.807, 2.05) is 49.4 Å². The molecule has 0 aliphatic heterocycles. The van der Waals surface area contributed by atoms with E-state index in [2.05, 4.69) is 4.98 Å². The summed E-state index contributed by atoms with van der Waals surface area (Å²) >= 11 is 0. The smallest absolute Gasteiger partial charge is 0.357 e. The average Bonchev–Trinajstić information content (AvgIpc) is 2.47. The summed E-state index contributed by atoms with van der Waals surface area (Å²) in [6.07, 6.45) is 5.04. The van der Waals surface area contributed by atoms with Crippen molar-refractivity contribution in [3.8, 4) is 0 Å². The lowest BCUT2D eigenvalue weighted by molar-refractivity contribution is 0.0419. The first kappa shape index (κ1) is 13.0. The van der Waals surface area contributed by atoms with Gasteiger partial charge in [-0.05, 0) is 30.7 Å². The summed E-state index contributed by atoms with van der Waals surface area (Å²) in [6, 6.07) is 15.0. The van der Waals surface area contributed by atoms with Gasteiger partial charge in [0.15, 0.2) is 0 Å². The number of rotatable bonds is 4.